The van der Waals surface area contributed by atoms with Gasteiger partial charge in [0, 0.05) is 12.8 Å². The maximum atomic E-state index is 7.11. The maximum absolute atomic E-state index is 7.11. The third kappa shape index (κ3) is 2.20. The number of rotatable bonds is 0. The van der Waals surface area contributed by atoms with Crippen molar-refractivity contribution in [2.75, 3.05) is 0 Å². The first-order valence-corrected chi connectivity index (χ1v) is 4.32. The molecule has 0 aromatic rings. The van der Waals surface area contributed by atoms with Gasteiger partial charge in [-0.25, -0.2) is 0 Å². The second-order valence-electron chi connectivity index (χ2n) is 4.70. The second kappa shape index (κ2) is 2.72. The summed E-state index contributed by atoms with van der Waals surface area (Å²) in [6.07, 6.45) is 1.67. The first kappa shape index (κ1) is 9.50. The van der Waals surface area contributed by atoms with Gasteiger partial charge in [0.1, 0.15) is 0 Å². The molecule has 12 heavy (non-hydrogen) atoms. The molecule has 0 aromatic heterocycles. The predicted molar refractivity (Wildman–Crippen MR) is 49.7 cm³/mol. The zero-order chi connectivity index (χ0) is 9.41. The number of nitrogens with one attached hydrogen (secondary N) is 1. The molecule has 0 aromatic carbocycles. The zero-order valence-electron chi connectivity index (χ0n) is 8.32. The van der Waals surface area contributed by atoms with Crippen molar-refractivity contribution in [2.24, 2.45) is 0 Å². The zero-order valence-corrected chi connectivity index (χ0v) is 8.32. The summed E-state index contributed by atoms with van der Waals surface area (Å²) < 4.78 is 5.85. The van der Waals surface area contributed by atoms with E-state index in [9.17, 15) is 0 Å². The maximum Gasteiger partial charge on any atom is 0.0677 e. The summed E-state index contributed by atoms with van der Waals surface area (Å²) in [4.78, 5) is 0. The van der Waals surface area contributed by atoms with Gasteiger partial charge in [0.25, 0.3) is 0 Å². The Morgan fingerprint density at radius 1 is 1.17 bits per heavy atom. The standard InChI is InChI=1S/C10H17NO/c1-9(2)5-8(7-11)6-10(3,4)12-9/h11H,5-6H2,1-4H3. The fourth-order valence-electron chi connectivity index (χ4n) is 2.00. The molecular formula is C10H17NO. The van der Waals surface area contributed by atoms with E-state index in [-0.39, 0.29) is 11.2 Å². The fourth-order valence-corrected chi connectivity index (χ4v) is 2.00. The molecule has 0 saturated carbocycles. The van der Waals surface area contributed by atoms with E-state index in [0.29, 0.717) is 0 Å². The van der Waals surface area contributed by atoms with E-state index in [0.717, 1.165) is 18.4 Å². The van der Waals surface area contributed by atoms with Gasteiger partial charge in [-0.15, -0.1) is 0 Å². The molecule has 0 atom stereocenters. The monoisotopic (exact) mass is 167 g/mol. The van der Waals surface area contributed by atoms with E-state index in [1.165, 1.54) is 0 Å². The first-order chi connectivity index (χ1) is 5.35. The predicted octanol–water partition coefficient (Wildman–Crippen LogP) is 2.53. The third-order valence-electron chi connectivity index (χ3n) is 2.01. The van der Waals surface area contributed by atoms with Crippen molar-refractivity contribution in [1.29, 1.82) is 5.41 Å². The molecule has 1 rings (SSSR count). The van der Waals surface area contributed by atoms with Gasteiger partial charge < -0.3 is 4.74 Å². The summed E-state index contributed by atoms with van der Waals surface area (Å²) >= 11 is 0. The summed E-state index contributed by atoms with van der Waals surface area (Å²) in [5, 5.41) is 7.11. The lowest BCUT2D eigenvalue weighted by atomic mass is 9.86. The van der Waals surface area contributed by atoms with E-state index in [2.05, 4.69) is 33.6 Å². The molecule has 0 radical (unpaired) electrons. The van der Waals surface area contributed by atoms with Crippen LogP contribution in [-0.2, 0) is 4.74 Å². The molecule has 1 fully saturated rings. The average molecular weight is 167 g/mol. The third-order valence-corrected chi connectivity index (χ3v) is 2.01. The van der Waals surface area contributed by atoms with E-state index >= 15 is 0 Å². The van der Waals surface area contributed by atoms with Crippen molar-refractivity contribution in [2.45, 2.75) is 51.7 Å². The second-order valence-corrected chi connectivity index (χ2v) is 4.70. The molecular weight excluding hydrogens is 150 g/mol. The quantitative estimate of drug-likeness (QED) is 0.552. The van der Waals surface area contributed by atoms with E-state index in [1.54, 1.807) is 0 Å². The molecule has 2 nitrogen and oxygen atoms in total. The molecule has 1 heterocycles. The van der Waals surface area contributed by atoms with Crippen LogP contribution in [0.1, 0.15) is 40.5 Å². The Balaban J connectivity index is 2.87. The summed E-state index contributed by atoms with van der Waals surface area (Å²) in [7, 11) is 0. The first-order valence-electron chi connectivity index (χ1n) is 4.32. The minimum Gasteiger partial charge on any atom is -0.369 e. The highest BCUT2D eigenvalue weighted by atomic mass is 16.5. The van der Waals surface area contributed by atoms with Crippen LogP contribution in [0.4, 0.5) is 0 Å². The lowest BCUT2D eigenvalue weighted by molar-refractivity contribution is -0.138. The average Bonchev–Trinajstić information content (AvgIpc) is 1.80. The van der Waals surface area contributed by atoms with Crippen LogP contribution in [0.2, 0.25) is 0 Å². The Morgan fingerprint density at radius 2 is 1.58 bits per heavy atom. The Kier molecular flexibility index (Phi) is 2.15. The molecule has 1 saturated heterocycles. The molecule has 0 spiro atoms. The SMILES string of the molecule is CC1(C)CC(=C=N)CC(C)(C)O1. The van der Waals surface area contributed by atoms with Gasteiger partial charge in [-0.2, -0.15) is 0 Å². The van der Waals surface area contributed by atoms with Crippen molar-refractivity contribution in [3.8, 4) is 0 Å². The van der Waals surface area contributed by atoms with Crippen molar-refractivity contribution in [1.82, 2.24) is 0 Å². The highest BCUT2D eigenvalue weighted by Crippen LogP contribution is 2.36. The van der Waals surface area contributed by atoms with Gasteiger partial charge in [0.2, 0.25) is 0 Å². The lowest BCUT2D eigenvalue weighted by Gasteiger charge is -2.41. The van der Waals surface area contributed by atoms with Crippen LogP contribution < -0.4 is 0 Å². The smallest absolute Gasteiger partial charge is 0.0677 e. The van der Waals surface area contributed by atoms with Gasteiger partial charge >= 0.3 is 0 Å². The number of ether oxygens (including phenoxy) is 1. The molecule has 1 N–H and O–H groups in total. The van der Waals surface area contributed by atoms with Crippen LogP contribution >= 0.6 is 0 Å². The summed E-state index contributed by atoms with van der Waals surface area (Å²) in [5.41, 5.74) is 0.798. The summed E-state index contributed by atoms with van der Waals surface area (Å²) in [5.74, 6) is 2.50. The Morgan fingerprint density at radius 3 is 1.92 bits per heavy atom. The summed E-state index contributed by atoms with van der Waals surface area (Å²) in [6.45, 7) is 8.24. The normalized spacial score (nSPS) is 26.5. The van der Waals surface area contributed by atoms with Crippen LogP contribution in [0, 0.1) is 5.41 Å². The van der Waals surface area contributed by atoms with Gasteiger partial charge in [-0.3, -0.25) is 5.41 Å². The molecule has 68 valence electrons. The van der Waals surface area contributed by atoms with Gasteiger partial charge in [0.05, 0.1) is 11.2 Å². The molecule has 2 heteroatoms. The van der Waals surface area contributed by atoms with Crippen LogP contribution in [0.3, 0.4) is 0 Å². The molecule has 0 amide bonds. The minimum absolute atomic E-state index is 0.134. The van der Waals surface area contributed by atoms with Crippen molar-refractivity contribution < 1.29 is 4.74 Å². The van der Waals surface area contributed by atoms with Gasteiger partial charge in [-0.1, -0.05) is 0 Å². The molecule has 1 aliphatic heterocycles. The van der Waals surface area contributed by atoms with Crippen LogP contribution in [0.5, 0.6) is 0 Å². The lowest BCUT2D eigenvalue weighted by Crippen LogP contribution is -2.42. The van der Waals surface area contributed by atoms with Crippen LogP contribution in [-0.4, -0.2) is 17.1 Å². The van der Waals surface area contributed by atoms with E-state index < -0.39 is 0 Å². The Labute approximate surface area is 74.1 Å². The fraction of sp³-hybridized carbons (Fsp3) is 0.800. The minimum atomic E-state index is -0.134. The molecule has 1 aliphatic rings. The van der Waals surface area contributed by atoms with Crippen LogP contribution in [0.15, 0.2) is 5.57 Å². The number of hydrogen-bond acceptors (Lipinski definition) is 2. The topological polar surface area (TPSA) is 33.1 Å². The largest absolute Gasteiger partial charge is 0.369 e. The van der Waals surface area contributed by atoms with Gasteiger partial charge in [0.15, 0.2) is 0 Å². The molecule has 0 aliphatic carbocycles. The van der Waals surface area contributed by atoms with Crippen molar-refractivity contribution in [3.05, 3.63) is 5.57 Å². The van der Waals surface area contributed by atoms with E-state index in [1.807, 2.05) is 0 Å². The number of hydrogen-bond donors (Lipinski definition) is 1. The van der Waals surface area contributed by atoms with Gasteiger partial charge in [-0.05, 0) is 39.1 Å². The Bertz CT molecular complexity index is 216. The van der Waals surface area contributed by atoms with Crippen LogP contribution in [0.25, 0.3) is 0 Å². The molecule has 0 bridgehead atoms. The molecule has 0 unspecified atom stereocenters. The summed E-state index contributed by atoms with van der Waals surface area (Å²) in [6, 6.07) is 0. The Hall–Kier alpha value is -0.590. The highest BCUT2D eigenvalue weighted by Gasteiger charge is 2.36. The van der Waals surface area contributed by atoms with E-state index in [4.69, 9.17) is 10.1 Å². The van der Waals surface area contributed by atoms with Crippen molar-refractivity contribution in [3.63, 3.8) is 0 Å². The van der Waals surface area contributed by atoms with Crippen molar-refractivity contribution >= 4 is 5.87 Å². The highest BCUT2D eigenvalue weighted by molar-refractivity contribution is 5.55.